The lowest BCUT2D eigenvalue weighted by Gasteiger charge is -2.19. The second-order valence-electron chi connectivity index (χ2n) is 3.71. The number of fused-ring (bicyclic) bond motifs is 1. The van der Waals surface area contributed by atoms with Crippen molar-refractivity contribution in [2.24, 2.45) is 0 Å². The Labute approximate surface area is 94.1 Å². The van der Waals surface area contributed by atoms with Crippen LogP contribution < -0.4 is 5.46 Å². The molecule has 0 heterocycles. The van der Waals surface area contributed by atoms with E-state index >= 15 is 0 Å². The van der Waals surface area contributed by atoms with E-state index in [9.17, 15) is 21.7 Å². The molecule has 2 aromatic rings. The molecule has 17 heavy (non-hydrogen) atoms. The maximum atomic E-state index is 12.8. The monoisotopic (exact) mass is 245 g/mol. The smallest absolute Gasteiger partial charge is 0.445 e. The van der Waals surface area contributed by atoms with Crippen molar-refractivity contribution < 1.29 is 21.7 Å². The van der Waals surface area contributed by atoms with Crippen molar-refractivity contribution >= 4 is 23.2 Å². The van der Waals surface area contributed by atoms with Crippen molar-refractivity contribution in [3.63, 3.8) is 0 Å². The third-order valence-corrected chi connectivity index (χ3v) is 2.52. The predicted octanol–water partition coefficient (Wildman–Crippen LogP) is 3.83. The molecular formula is C11H7BF5-. The molecule has 90 valence electrons. The van der Waals surface area contributed by atoms with Crippen molar-refractivity contribution in [3.8, 4) is 0 Å². The fourth-order valence-electron chi connectivity index (χ4n) is 1.76. The first-order valence-electron chi connectivity index (χ1n) is 4.90. The zero-order chi connectivity index (χ0) is 12.6. The van der Waals surface area contributed by atoms with Gasteiger partial charge in [-0.15, -0.1) is 5.46 Å². The molecule has 0 atom stereocenters. The Kier molecular flexibility index (Phi) is 2.81. The zero-order valence-corrected chi connectivity index (χ0v) is 8.51. The van der Waals surface area contributed by atoms with Gasteiger partial charge in [-0.25, -0.2) is 8.78 Å². The minimum atomic E-state index is -5.30. The Morgan fingerprint density at radius 3 is 2.18 bits per heavy atom. The molecule has 0 aliphatic carbocycles. The minimum absolute atomic E-state index is 0.0376. The first kappa shape index (κ1) is 11.9. The van der Waals surface area contributed by atoms with Gasteiger partial charge in [0, 0.05) is 5.56 Å². The quantitative estimate of drug-likeness (QED) is 0.557. The summed E-state index contributed by atoms with van der Waals surface area (Å²) in [6.07, 6.45) is -2.91. The van der Waals surface area contributed by atoms with E-state index in [4.69, 9.17) is 0 Å². The van der Waals surface area contributed by atoms with Gasteiger partial charge in [-0.2, -0.15) is 0 Å². The van der Waals surface area contributed by atoms with Gasteiger partial charge < -0.3 is 12.9 Å². The normalized spacial score (nSPS) is 12.4. The Bertz CT molecular complexity index is 547. The Balaban J connectivity index is 2.79. The highest BCUT2D eigenvalue weighted by molar-refractivity contribution is 6.76. The molecule has 0 fully saturated rings. The van der Waals surface area contributed by atoms with Gasteiger partial charge in [-0.1, -0.05) is 30.3 Å². The van der Waals surface area contributed by atoms with Crippen molar-refractivity contribution in [1.29, 1.82) is 0 Å². The maximum absolute atomic E-state index is 12.8. The van der Waals surface area contributed by atoms with Crippen molar-refractivity contribution in [2.75, 3.05) is 0 Å². The molecule has 0 amide bonds. The molecule has 0 saturated heterocycles. The predicted molar refractivity (Wildman–Crippen MR) is 57.6 cm³/mol. The van der Waals surface area contributed by atoms with Crippen LogP contribution in [0.2, 0.25) is 0 Å². The van der Waals surface area contributed by atoms with Crippen LogP contribution in [0.3, 0.4) is 0 Å². The highest BCUT2D eigenvalue weighted by Crippen LogP contribution is 2.25. The van der Waals surface area contributed by atoms with E-state index in [0.717, 1.165) is 6.07 Å². The van der Waals surface area contributed by atoms with Crippen LogP contribution in [-0.2, 0) is 0 Å². The summed E-state index contributed by atoms with van der Waals surface area (Å²) in [7, 11) is 0. The number of rotatable bonds is 2. The molecular weight excluding hydrogens is 238 g/mol. The van der Waals surface area contributed by atoms with Gasteiger partial charge in [0.15, 0.2) is 0 Å². The van der Waals surface area contributed by atoms with E-state index in [1.807, 2.05) is 0 Å². The summed E-state index contributed by atoms with van der Waals surface area (Å²) in [5, 5.41) is 0.143. The molecule has 0 radical (unpaired) electrons. The molecule has 0 unspecified atom stereocenters. The van der Waals surface area contributed by atoms with Crippen LogP contribution in [0.5, 0.6) is 0 Å². The second-order valence-corrected chi connectivity index (χ2v) is 3.71. The van der Waals surface area contributed by atoms with Gasteiger partial charge in [0.1, 0.15) is 0 Å². The van der Waals surface area contributed by atoms with E-state index in [2.05, 4.69) is 0 Å². The zero-order valence-electron chi connectivity index (χ0n) is 8.51. The first-order valence-corrected chi connectivity index (χ1v) is 4.90. The molecule has 0 nitrogen and oxygen atoms in total. The number of halogens is 5. The summed E-state index contributed by atoms with van der Waals surface area (Å²) in [5.74, 6) is 0. The van der Waals surface area contributed by atoms with Crippen molar-refractivity contribution in [2.45, 2.75) is 6.43 Å². The third kappa shape index (κ3) is 2.25. The lowest BCUT2D eigenvalue weighted by Crippen LogP contribution is -2.35. The van der Waals surface area contributed by atoms with E-state index < -0.39 is 24.4 Å². The summed E-state index contributed by atoms with van der Waals surface area (Å²) in [4.78, 5) is 0. The Morgan fingerprint density at radius 1 is 0.941 bits per heavy atom. The summed E-state index contributed by atoms with van der Waals surface area (Å²) >= 11 is 0. The average molecular weight is 245 g/mol. The third-order valence-electron chi connectivity index (χ3n) is 2.52. The molecule has 0 aliphatic rings. The standard InChI is InChI=1S/C11H7BF5/c13-11(14)8-5-7-3-1-2-4-9(7)10(6-8)12(15,16)17/h1-6,11H/q-1. The molecule has 2 aromatic carbocycles. The average Bonchev–Trinajstić information content (AvgIpc) is 2.26. The SMILES string of the molecule is FC(F)c1cc([B-](F)(F)F)c2ccccc2c1. The Morgan fingerprint density at radius 2 is 1.59 bits per heavy atom. The van der Waals surface area contributed by atoms with Gasteiger partial charge in [0.25, 0.3) is 6.43 Å². The fraction of sp³-hybridized carbons (Fsp3) is 0.0909. The largest absolute Gasteiger partial charge is 0.510 e. The first-order chi connectivity index (χ1) is 7.89. The van der Waals surface area contributed by atoms with Gasteiger partial charge in [-0.3, -0.25) is 0 Å². The lowest BCUT2D eigenvalue weighted by atomic mass is 9.76. The van der Waals surface area contributed by atoms with Crippen molar-refractivity contribution in [1.82, 2.24) is 0 Å². The van der Waals surface area contributed by atoms with Crippen LogP contribution >= 0.6 is 0 Å². The number of benzene rings is 2. The maximum Gasteiger partial charge on any atom is 0.510 e. The highest BCUT2D eigenvalue weighted by atomic mass is 19.4. The summed E-state index contributed by atoms with van der Waals surface area (Å²) in [6.45, 7) is -5.30. The van der Waals surface area contributed by atoms with E-state index in [-0.39, 0.29) is 10.8 Å². The van der Waals surface area contributed by atoms with E-state index in [1.54, 1.807) is 0 Å². The van der Waals surface area contributed by atoms with Gasteiger partial charge in [0.05, 0.1) is 0 Å². The van der Waals surface area contributed by atoms with Crippen LogP contribution in [-0.4, -0.2) is 6.98 Å². The summed E-state index contributed by atoms with van der Waals surface area (Å²) < 4.78 is 63.3. The van der Waals surface area contributed by atoms with Crippen molar-refractivity contribution in [3.05, 3.63) is 42.0 Å². The number of hydrogen-bond acceptors (Lipinski definition) is 0. The van der Waals surface area contributed by atoms with Crippen LogP contribution in [0, 0.1) is 0 Å². The lowest BCUT2D eigenvalue weighted by molar-refractivity contribution is 0.151. The number of alkyl halides is 2. The van der Waals surface area contributed by atoms with Crippen LogP contribution in [0.4, 0.5) is 21.7 Å². The molecule has 0 spiro atoms. The fourth-order valence-corrected chi connectivity index (χ4v) is 1.76. The summed E-state index contributed by atoms with van der Waals surface area (Å²) in [6, 6.07) is 7.28. The molecule has 0 bridgehead atoms. The van der Waals surface area contributed by atoms with Gasteiger partial charge >= 0.3 is 6.98 Å². The van der Waals surface area contributed by atoms with Gasteiger partial charge in [-0.05, 0) is 16.8 Å². The minimum Gasteiger partial charge on any atom is -0.445 e. The van der Waals surface area contributed by atoms with Crippen LogP contribution in [0.25, 0.3) is 10.8 Å². The van der Waals surface area contributed by atoms with Crippen LogP contribution in [0.1, 0.15) is 12.0 Å². The topological polar surface area (TPSA) is 0 Å². The highest BCUT2D eigenvalue weighted by Gasteiger charge is 2.28. The molecule has 0 saturated carbocycles. The number of hydrogen-bond donors (Lipinski definition) is 0. The van der Waals surface area contributed by atoms with E-state index in [1.165, 1.54) is 24.3 Å². The molecule has 2 rings (SSSR count). The second kappa shape index (κ2) is 4.02. The van der Waals surface area contributed by atoms with E-state index in [0.29, 0.717) is 6.07 Å². The Hall–Kier alpha value is -1.59. The molecule has 0 N–H and O–H groups in total. The molecule has 0 aliphatic heterocycles. The van der Waals surface area contributed by atoms with Crippen LogP contribution in [0.15, 0.2) is 36.4 Å². The summed E-state index contributed by atoms with van der Waals surface area (Å²) in [5.41, 5.74) is -1.56. The molecule has 0 aromatic heterocycles. The molecule has 6 heteroatoms. The van der Waals surface area contributed by atoms with Gasteiger partial charge in [0.2, 0.25) is 0 Å².